The van der Waals surface area contributed by atoms with E-state index in [-0.39, 0.29) is 6.54 Å². The van der Waals surface area contributed by atoms with Crippen molar-refractivity contribution in [3.8, 4) is 0 Å². The van der Waals surface area contributed by atoms with Crippen molar-refractivity contribution < 1.29 is 49.4 Å². The lowest BCUT2D eigenvalue weighted by Gasteiger charge is -2.31. The van der Waals surface area contributed by atoms with Gasteiger partial charge in [0.25, 0.3) is 0 Å². The number of hydrogen-bond acceptors (Lipinski definition) is 4. The number of alkyl halides is 8. The maximum absolute atomic E-state index is 13.6. The standard InChI is InChI=1S/C14H19F8NO3/c1-9(7-23-2-4-25-5-3-23)26-11(24)12(17,18)8-14(21,22)13(19,20)6-10(15)16/h9-10H,2-8H2,1H3. The van der Waals surface area contributed by atoms with Crippen LogP contribution >= 0.6 is 0 Å². The van der Waals surface area contributed by atoms with Gasteiger partial charge in [-0.25, -0.2) is 13.6 Å². The third-order valence-corrected chi connectivity index (χ3v) is 3.62. The average Bonchev–Trinajstić information content (AvgIpc) is 2.45. The summed E-state index contributed by atoms with van der Waals surface area (Å²) in [6.07, 6.45) is -10.5. The summed E-state index contributed by atoms with van der Waals surface area (Å²) in [5.74, 6) is -18.3. The summed E-state index contributed by atoms with van der Waals surface area (Å²) in [7, 11) is 0. The molecule has 0 N–H and O–H groups in total. The molecule has 26 heavy (non-hydrogen) atoms. The second-order valence-electron chi connectivity index (χ2n) is 6.01. The maximum Gasteiger partial charge on any atom is 0.377 e. The number of halogens is 8. The quantitative estimate of drug-likeness (QED) is 0.440. The third-order valence-electron chi connectivity index (χ3n) is 3.62. The molecule has 12 heteroatoms. The Kier molecular flexibility index (Phi) is 7.63. The van der Waals surface area contributed by atoms with Crippen LogP contribution in [-0.4, -0.2) is 74.0 Å². The number of esters is 1. The van der Waals surface area contributed by atoms with E-state index in [0.29, 0.717) is 26.3 Å². The first kappa shape index (κ1) is 22.9. The van der Waals surface area contributed by atoms with E-state index in [2.05, 4.69) is 4.74 Å². The van der Waals surface area contributed by atoms with E-state index in [1.807, 2.05) is 0 Å². The highest BCUT2D eigenvalue weighted by Gasteiger charge is 2.63. The van der Waals surface area contributed by atoms with Crippen molar-refractivity contribution in [3.05, 3.63) is 0 Å². The number of ether oxygens (including phenoxy) is 2. The van der Waals surface area contributed by atoms with Crippen LogP contribution in [0.15, 0.2) is 0 Å². The SMILES string of the molecule is CC(CN1CCOCC1)OC(=O)C(F)(F)CC(F)(F)C(F)(F)CC(F)F. The minimum atomic E-state index is -5.51. The fourth-order valence-electron chi connectivity index (χ4n) is 2.28. The molecule has 1 aliphatic heterocycles. The molecular weight excluding hydrogens is 382 g/mol. The van der Waals surface area contributed by atoms with Crippen LogP contribution in [0.4, 0.5) is 35.1 Å². The number of carbonyl (C=O) groups excluding carboxylic acids is 1. The van der Waals surface area contributed by atoms with Crippen LogP contribution in [0, 0.1) is 0 Å². The maximum atomic E-state index is 13.6. The van der Waals surface area contributed by atoms with Gasteiger partial charge in [0, 0.05) is 19.6 Å². The Bertz CT molecular complexity index is 469. The number of hydrogen-bond donors (Lipinski definition) is 0. The van der Waals surface area contributed by atoms with Crippen LogP contribution in [0.2, 0.25) is 0 Å². The average molecular weight is 401 g/mol. The van der Waals surface area contributed by atoms with E-state index in [1.165, 1.54) is 6.92 Å². The monoisotopic (exact) mass is 401 g/mol. The highest BCUT2D eigenvalue weighted by molar-refractivity contribution is 5.77. The van der Waals surface area contributed by atoms with Gasteiger partial charge in [0.05, 0.1) is 26.1 Å². The largest absolute Gasteiger partial charge is 0.457 e. The van der Waals surface area contributed by atoms with Gasteiger partial charge in [0.1, 0.15) is 6.10 Å². The Morgan fingerprint density at radius 3 is 2.12 bits per heavy atom. The first-order valence-corrected chi connectivity index (χ1v) is 7.69. The summed E-state index contributed by atoms with van der Waals surface area (Å²) in [5.41, 5.74) is 0. The lowest BCUT2D eigenvalue weighted by Crippen LogP contribution is -2.49. The molecule has 1 saturated heterocycles. The van der Waals surface area contributed by atoms with E-state index in [4.69, 9.17) is 4.74 Å². The van der Waals surface area contributed by atoms with Crippen molar-refractivity contribution in [3.63, 3.8) is 0 Å². The van der Waals surface area contributed by atoms with Crippen molar-refractivity contribution in [1.82, 2.24) is 4.90 Å². The topological polar surface area (TPSA) is 38.8 Å². The van der Waals surface area contributed by atoms with Gasteiger partial charge in [0.15, 0.2) is 0 Å². The molecular formula is C14H19F8NO3. The molecule has 0 bridgehead atoms. The molecule has 1 heterocycles. The molecule has 1 unspecified atom stereocenters. The second kappa shape index (κ2) is 8.68. The predicted molar refractivity (Wildman–Crippen MR) is 72.9 cm³/mol. The molecule has 0 amide bonds. The summed E-state index contributed by atoms with van der Waals surface area (Å²) >= 11 is 0. The van der Waals surface area contributed by atoms with Gasteiger partial charge < -0.3 is 9.47 Å². The fraction of sp³-hybridized carbons (Fsp3) is 0.929. The van der Waals surface area contributed by atoms with Gasteiger partial charge in [0.2, 0.25) is 6.43 Å². The van der Waals surface area contributed by atoms with Crippen LogP contribution in [0.3, 0.4) is 0 Å². The summed E-state index contributed by atoms with van der Waals surface area (Å²) < 4.78 is 113. The number of morpholine rings is 1. The van der Waals surface area contributed by atoms with E-state index >= 15 is 0 Å². The van der Waals surface area contributed by atoms with Crippen molar-refractivity contribution >= 4 is 5.97 Å². The van der Waals surface area contributed by atoms with Crippen LogP contribution in [-0.2, 0) is 14.3 Å². The molecule has 1 aliphatic rings. The zero-order valence-electron chi connectivity index (χ0n) is 13.8. The number of rotatable bonds is 9. The molecule has 0 aliphatic carbocycles. The van der Waals surface area contributed by atoms with E-state index in [1.54, 1.807) is 4.90 Å². The summed E-state index contributed by atoms with van der Waals surface area (Å²) in [5, 5.41) is 0. The Morgan fingerprint density at radius 2 is 1.62 bits per heavy atom. The lowest BCUT2D eigenvalue weighted by molar-refractivity contribution is -0.253. The van der Waals surface area contributed by atoms with Gasteiger partial charge in [-0.2, -0.15) is 26.3 Å². The normalized spacial score (nSPS) is 18.8. The number of carbonyl (C=O) groups is 1. The number of nitrogens with zero attached hydrogens (tertiary/aromatic N) is 1. The smallest absolute Gasteiger partial charge is 0.377 e. The van der Waals surface area contributed by atoms with Crippen molar-refractivity contribution in [2.45, 2.75) is 50.1 Å². The predicted octanol–water partition coefficient (Wildman–Crippen LogP) is 3.20. The van der Waals surface area contributed by atoms with Crippen LogP contribution in [0.1, 0.15) is 19.8 Å². The molecule has 0 aromatic heterocycles. The minimum Gasteiger partial charge on any atom is -0.457 e. The third kappa shape index (κ3) is 6.53. The highest BCUT2D eigenvalue weighted by atomic mass is 19.3. The Balaban J connectivity index is 2.65. The Labute approximate surface area is 144 Å². The molecule has 0 aromatic rings. The fourth-order valence-corrected chi connectivity index (χ4v) is 2.28. The van der Waals surface area contributed by atoms with Gasteiger partial charge >= 0.3 is 23.7 Å². The zero-order chi connectivity index (χ0) is 20.2. The van der Waals surface area contributed by atoms with E-state index in [9.17, 15) is 39.9 Å². The van der Waals surface area contributed by atoms with Crippen molar-refractivity contribution in [2.75, 3.05) is 32.8 Å². The Morgan fingerprint density at radius 1 is 1.08 bits per heavy atom. The van der Waals surface area contributed by atoms with Crippen LogP contribution < -0.4 is 0 Å². The molecule has 0 aromatic carbocycles. The van der Waals surface area contributed by atoms with Gasteiger partial charge in [-0.05, 0) is 6.92 Å². The molecule has 0 spiro atoms. The van der Waals surface area contributed by atoms with Crippen molar-refractivity contribution in [2.24, 2.45) is 0 Å². The summed E-state index contributed by atoms with van der Waals surface area (Å²) in [6.45, 7) is 2.88. The molecule has 1 atom stereocenters. The van der Waals surface area contributed by atoms with Crippen molar-refractivity contribution in [1.29, 1.82) is 0 Å². The lowest BCUT2D eigenvalue weighted by atomic mass is 10.0. The molecule has 0 radical (unpaired) electrons. The van der Waals surface area contributed by atoms with E-state index < -0.39 is 49.1 Å². The molecule has 0 saturated carbocycles. The van der Waals surface area contributed by atoms with E-state index in [0.717, 1.165) is 0 Å². The second-order valence-corrected chi connectivity index (χ2v) is 6.01. The Hall–Kier alpha value is -1.17. The van der Waals surface area contributed by atoms with Crippen LogP contribution in [0.5, 0.6) is 0 Å². The summed E-state index contributed by atoms with van der Waals surface area (Å²) in [4.78, 5) is 13.1. The van der Waals surface area contributed by atoms with Gasteiger partial charge in [-0.3, -0.25) is 4.90 Å². The summed E-state index contributed by atoms with van der Waals surface area (Å²) in [6, 6.07) is 0. The van der Waals surface area contributed by atoms with Crippen LogP contribution in [0.25, 0.3) is 0 Å². The first-order chi connectivity index (χ1) is 11.8. The molecule has 4 nitrogen and oxygen atoms in total. The molecule has 1 rings (SSSR count). The van der Waals surface area contributed by atoms with Gasteiger partial charge in [-0.1, -0.05) is 0 Å². The minimum absolute atomic E-state index is 0.0170. The zero-order valence-corrected chi connectivity index (χ0v) is 13.8. The highest BCUT2D eigenvalue weighted by Crippen LogP contribution is 2.45. The molecule has 154 valence electrons. The first-order valence-electron chi connectivity index (χ1n) is 7.69. The molecule has 1 fully saturated rings. The van der Waals surface area contributed by atoms with Gasteiger partial charge in [-0.15, -0.1) is 0 Å².